The molecule has 1 unspecified atom stereocenters. The van der Waals surface area contributed by atoms with Gasteiger partial charge in [-0.3, -0.25) is 0 Å². The summed E-state index contributed by atoms with van der Waals surface area (Å²) < 4.78 is 0. The number of rotatable bonds is 5. The molecule has 64 valence electrons. The van der Waals surface area contributed by atoms with E-state index in [0.717, 1.165) is 12.8 Å². The van der Waals surface area contributed by atoms with Crippen LogP contribution in [-0.4, -0.2) is 22.9 Å². The van der Waals surface area contributed by atoms with Crippen LogP contribution in [0.2, 0.25) is 0 Å². The highest BCUT2D eigenvalue weighted by Crippen LogP contribution is 2.02. The fraction of sp³-hybridized carbons (Fsp3) is 0.778. The van der Waals surface area contributed by atoms with Crippen molar-refractivity contribution in [3.8, 4) is 11.8 Å². The van der Waals surface area contributed by atoms with E-state index in [2.05, 4.69) is 11.8 Å². The third kappa shape index (κ3) is 7.38. The molecule has 0 aliphatic heterocycles. The fourth-order valence-electron chi connectivity index (χ4n) is 0.835. The van der Waals surface area contributed by atoms with Crippen LogP contribution in [0.25, 0.3) is 0 Å². The molecule has 1 atom stereocenters. The van der Waals surface area contributed by atoms with Gasteiger partial charge < -0.3 is 10.2 Å². The van der Waals surface area contributed by atoms with Gasteiger partial charge in [0, 0.05) is 13.0 Å². The Hall–Kier alpha value is -0.520. The average Bonchev–Trinajstić information content (AvgIpc) is 2.01. The molecule has 0 aliphatic carbocycles. The second-order valence-electron chi connectivity index (χ2n) is 2.49. The van der Waals surface area contributed by atoms with Crippen molar-refractivity contribution in [2.24, 2.45) is 0 Å². The lowest BCUT2D eigenvalue weighted by Gasteiger charge is -2.05. The van der Waals surface area contributed by atoms with Crippen molar-refractivity contribution in [1.82, 2.24) is 0 Å². The van der Waals surface area contributed by atoms with Gasteiger partial charge in [0.1, 0.15) is 0 Å². The first kappa shape index (κ1) is 10.5. The Morgan fingerprint density at radius 1 is 1.36 bits per heavy atom. The van der Waals surface area contributed by atoms with E-state index in [4.69, 9.17) is 5.11 Å². The largest absolute Gasteiger partial charge is 0.396 e. The zero-order valence-corrected chi connectivity index (χ0v) is 7.01. The minimum absolute atomic E-state index is 0.163. The van der Waals surface area contributed by atoms with Gasteiger partial charge in [-0.1, -0.05) is 0 Å². The molecular weight excluding hydrogens is 140 g/mol. The molecule has 0 fully saturated rings. The summed E-state index contributed by atoms with van der Waals surface area (Å²) in [7, 11) is 0. The van der Waals surface area contributed by atoms with Crippen molar-refractivity contribution in [2.45, 2.75) is 38.7 Å². The van der Waals surface area contributed by atoms with E-state index >= 15 is 0 Å². The highest BCUT2D eigenvalue weighted by Gasteiger charge is 2.00. The van der Waals surface area contributed by atoms with E-state index in [1.165, 1.54) is 0 Å². The first-order valence-electron chi connectivity index (χ1n) is 3.99. The maximum atomic E-state index is 9.23. The zero-order valence-electron chi connectivity index (χ0n) is 7.01. The van der Waals surface area contributed by atoms with Gasteiger partial charge in [-0.25, -0.2) is 0 Å². The predicted molar refractivity (Wildman–Crippen MR) is 45.0 cm³/mol. The summed E-state index contributed by atoms with van der Waals surface area (Å²) in [6, 6.07) is 0. The zero-order chi connectivity index (χ0) is 8.53. The van der Waals surface area contributed by atoms with Crippen molar-refractivity contribution in [2.75, 3.05) is 6.61 Å². The smallest absolute Gasteiger partial charge is 0.0550 e. The lowest BCUT2D eigenvalue weighted by Crippen LogP contribution is -2.06. The molecule has 0 saturated heterocycles. The third-order valence-electron chi connectivity index (χ3n) is 1.47. The van der Waals surface area contributed by atoms with Crippen LogP contribution < -0.4 is 0 Å². The molecule has 0 bridgehead atoms. The molecule has 2 heteroatoms. The Morgan fingerprint density at radius 2 is 2.09 bits per heavy atom. The van der Waals surface area contributed by atoms with Crippen LogP contribution >= 0.6 is 0 Å². The summed E-state index contributed by atoms with van der Waals surface area (Å²) in [5, 5.41) is 17.7. The molecule has 0 heterocycles. The molecule has 0 amide bonds. The minimum atomic E-state index is -0.289. The Kier molecular flexibility index (Phi) is 7.23. The lowest BCUT2D eigenvalue weighted by atomic mass is 10.1. The van der Waals surface area contributed by atoms with Gasteiger partial charge in [0.05, 0.1) is 6.10 Å². The molecular formula is C9H16O2. The van der Waals surface area contributed by atoms with Crippen molar-refractivity contribution in [1.29, 1.82) is 0 Å². The van der Waals surface area contributed by atoms with Gasteiger partial charge in [-0.05, 0) is 26.2 Å². The first-order valence-corrected chi connectivity index (χ1v) is 3.99. The van der Waals surface area contributed by atoms with Crippen molar-refractivity contribution in [3.63, 3.8) is 0 Å². The molecule has 2 nitrogen and oxygen atoms in total. The molecule has 0 aliphatic rings. The predicted octanol–water partition coefficient (Wildman–Crippen LogP) is 0.923. The Morgan fingerprint density at radius 3 is 2.64 bits per heavy atom. The van der Waals surface area contributed by atoms with Crippen LogP contribution in [-0.2, 0) is 0 Å². The normalized spacial score (nSPS) is 11.9. The maximum absolute atomic E-state index is 9.23. The third-order valence-corrected chi connectivity index (χ3v) is 1.47. The standard InChI is InChI=1S/C9H16O2/c1-2-3-4-6-9(11)7-5-8-10/h9-11H,4-8H2,1H3. The summed E-state index contributed by atoms with van der Waals surface area (Å²) in [6.07, 6.45) is 2.55. The van der Waals surface area contributed by atoms with Crippen molar-refractivity contribution < 1.29 is 10.2 Å². The monoisotopic (exact) mass is 156 g/mol. The number of aliphatic hydroxyl groups excluding tert-OH is 2. The van der Waals surface area contributed by atoms with Crippen LogP contribution in [0.1, 0.15) is 32.6 Å². The van der Waals surface area contributed by atoms with E-state index in [0.29, 0.717) is 12.8 Å². The van der Waals surface area contributed by atoms with E-state index in [9.17, 15) is 5.11 Å². The lowest BCUT2D eigenvalue weighted by molar-refractivity contribution is 0.142. The first-order chi connectivity index (χ1) is 5.31. The highest BCUT2D eigenvalue weighted by molar-refractivity contribution is 4.94. The molecule has 0 aromatic rings. The summed E-state index contributed by atoms with van der Waals surface area (Å²) in [5.74, 6) is 5.65. The van der Waals surface area contributed by atoms with Gasteiger partial charge in [0.15, 0.2) is 0 Å². The van der Waals surface area contributed by atoms with Gasteiger partial charge in [0.2, 0.25) is 0 Å². The number of hydrogen-bond acceptors (Lipinski definition) is 2. The fourth-order valence-corrected chi connectivity index (χ4v) is 0.835. The summed E-state index contributed by atoms with van der Waals surface area (Å²) in [5.41, 5.74) is 0. The quantitative estimate of drug-likeness (QED) is 0.581. The van der Waals surface area contributed by atoms with Crippen LogP contribution in [0.5, 0.6) is 0 Å². The highest BCUT2D eigenvalue weighted by atomic mass is 16.3. The van der Waals surface area contributed by atoms with Gasteiger partial charge in [-0.15, -0.1) is 11.8 Å². The number of hydrogen-bond donors (Lipinski definition) is 2. The van der Waals surface area contributed by atoms with Gasteiger partial charge in [-0.2, -0.15) is 0 Å². The van der Waals surface area contributed by atoms with Crippen molar-refractivity contribution >= 4 is 0 Å². The molecule has 0 saturated carbocycles. The molecule has 0 radical (unpaired) electrons. The minimum Gasteiger partial charge on any atom is -0.396 e. The van der Waals surface area contributed by atoms with Crippen LogP contribution in [0.15, 0.2) is 0 Å². The Labute approximate surface area is 68.2 Å². The number of aliphatic hydroxyl groups is 2. The van der Waals surface area contributed by atoms with Crippen LogP contribution in [0, 0.1) is 11.8 Å². The van der Waals surface area contributed by atoms with E-state index < -0.39 is 0 Å². The Balaban J connectivity index is 3.19. The average molecular weight is 156 g/mol. The molecule has 0 spiro atoms. The summed E-state index contributed by atoms with van der Waals surface area (Å²) in [6.45, 7) is 1.95. The second-order valence-corrected chi connectivity index (χ2v) is 2.49. The molecule has 0 rings (SSSR count). The van der Waals surface area contributed by atoms with E-state index in [1.807, 2.05) is 0 Å². The SMILES string of the molecule is CC#CCCC(O)CCCO. The van der Waals surface area contributed by atoms with Crippen LogP contribution in [0.3, 0.4) is 0 Å². The topological polar surface area (TPSA) is 40.5 Å². The van der Waals surface area contributed by atoms with Gasteiger partial charge >= 0.3 is 0 Å². The molecule has 0 aromatic carbocycles. The van der Waals surface area contributed by atoms with E-state index in [1.54, 1.807) is 6.92 Å². The second kappa shape index (κ2) is 7.59. The maximum Gasteiger partial charge on any atom is 0.0550 e. The molecule has 11 heavy (non-hydrogen) atoms. The van der Waals surface area contributed by atoms with Gasteiger partial charge in [0.25, 0.3) is 0 Å². The summed E-state index contributed by atoms with van der Waals surface area (Å²) in [4.78, 5) is 0. The van der Waals surface area contributed by atoms with E-state index in [-0.39, 0.29) is 12.7 Å². The van der Waals surface area contributed by atoms with Crippen molar-refractivity contribution in [3.05, 3.63) is 0 Å². The Bertz CT molecular complexity index is 132. The molecule has 2 N–H and O–H groups in total. The molecule has 0 aromatic heterocycles. The summed E-state index contributed by atoms with van der Waals surface area (Å²) >= 11 is 0. The van der Waals surface area contributed by atoms with Crippen LogP contribution in [0.4, 0.5) is 0 Å².